The maximum atomic E-state index is 11.4. The van der Waals surface area contributed by atoms with E-state index in [0.29, 0.717) is 6.61 Å². The lowest BCUT2D eigenvalue weighted by Crippen LogP contribution is -2.22. The second-order valence-electron chi connectivity index (χ2n) is 6.81. The first-order chi connectivity index (χ1) is 13.0. The molecule has 6 heteroatoms. The maximum Gasteiger partial charge on any atom is 0.325 e. The third-order valence-corrected chi connectivity index (χ3v) is 5.42. The van der Waals surface area contributed by atoms with Crippen LogP contribution in [0, 0.1) is 0 Å². The van der Waals surface area contributed by atoms with E-state index < -0.39 is 13.7 Å². The Morgan fingerprint density at radius 3 is 2.26 bits per heavy atom. The first-order valence-electron chi connectivity index (χ1n) is 8.79. The molecule has 4 rings (SSSR count). The number of hydrogen-bond donors (Lipinski definition) is 2. The van der Waals surface area contributed by atoms with E-state index >= 15 is 0 Å². The Hall–Kier alpha value is -2.01. The van der Waals surface area contributed by atoms with Crippen molar-refractivity contribution in [1.82, 2.24) is 0 Å². The summed E-state index contributed by atoms with van der Waals surface area (Å²) in [5, 5.41) is 16.5. The first-order valence-corrected chi connectivity index (χ1v) is 10.8. The standard InChI is InChI=1S/C21H21O5P/c1-27(23,24)26-18(11-22)13-25-12-17-8-7-16-6-5-14-3-2-4-15-9-10-19(17)21(16)20(14)15/h2-10,18,22H,11-13H2,1H3,(H,23,24)/t18-/m1/s1. The molecule has 0 aliphatic heterocycles. The zero-order valence-electron chi connectivity index (χ0n) is 15.0. The van der Waals surface area contributed by atoms with Crippen LogP contribution in [0.5, 0.6) is 0 Å². The summed E-state index contributed by atoms with van der Waals surface area (Å²) in [5.41, 5.74) is 1.03. The number of hydrogen-bond acceptors (Lipinski definition) is 4. The van der Waals surface area contributed by atoms with Gasteiger partial charge in [-0.1, -0.05) is 54.6 Å². The fraction of sp³-hybridized carbons (Fsp3) is 0.238. The molecule has 2 N–H and O–H groups in total. The lowest BCUT2D eigenvalue weighted by molar-refractivity contribution is 0.00938. The third-order valence-electron chi connectivity index (χ3n) is 4.73. The largest absolute Gasteiger partial charge is 0.394 e. The molecule has 0 aliphatic carbocycles. The molecule has 0 radical (unpaired) electrons. The summed E-state index contributed by atoms with van der Waals surface area (Å²) in [6, 6.07) is 18.9. The van der Waals surface area contributed by atoms with Crippen molar-refractivity contribution in [2.75, 3.05) is 19.9 Å². The molecule has 0 bridgehead atoms. The topological polar surface area (TPSA) is 76.0 Å². The van der Waals surface area contributed by atoms with Gasteiger partial charge in [-0.2, -0.15) is 0 Å². The Labute approximate surface area is 157 Å². The monoisotopic (exact) mass is 384 g/mol. The van der Waals surface area contributed by atoms with Crippen molar-refractivity contribution >= 4 is 39.9 Å². The van der Waals surface area contributed by atoms with Crippen molar-refractivity contribution in [2.45, 2.75) is 12.7 Å². The van der Waals surface area contributed by atoms with Gasteiger partial charge in [0.25, 0.3) is 0 Å². The van der Waals surface area contributed by atoms with E-state index in [0.717, 1.165) is 17.6 Å². The highest BCUT2D eigenvalue weighted by Gasteiger charge is 2.19. The smallest absolute Gasteiger partial charge is 0.325 e. The summed E-state index contributed by atoms with van der Waals surface area (Å²) in [6.07, 6.45) is -0.828. The summed E-state index contributed by atoms with van der Waals surface area (Å²) in [7, 11) is -3.67. The van der Waals surface area contributed by atoms with Gasteiger partial charge >= 0.3 is 7.60 Å². The summed E-state index contributed by atoms with van der Waals surface area (Å²) in [6.45, 7) is 1.08. The first kappa shape index (κ1) is 18.4. The number of benzene rings is 4. The second kappa shape index (κ2) is 7.19. The lowest BCUT2D eigenvalue weighted by Gasteiger charge is -2.18. The number of rotatable bonds is 7. The fourth-order valence-corrected chi connectivity index (χ4v) is 4.30. The van der Waals surface area contributed by atoms with Crippen molar-refractivity contribution in [1.29, 1.82) is 0 Å². The number of aliphatic hydroxyl groups is 1. The molecule has 0 heterocycles. The van der Waals surface area contributed by atoms with Crippen molar-refractivity contribution in [3.05, 3.63) is 60.2 Å². The van der Waals surface area contributed by atoms with Crippen LogP contribution < -0.4 is 0 Å². The van der Waals surface area contributed by atoms with Gasteiger partial charge in [0, 0.05) is 6.66 Å². The lowest BCUT2D eigenvalue weighted by atomic mass is 9.92. The molecule has 1 unspecified atom stereocenters. The van der Waals surface area contributed by atoms with Gasteiger partial charge in [-0.05, 0) is 37.9 Å². The van der Waals surface area contributed by atoms with Crippen LogP contribution in [-0.4, -0.2) is 36.0 Å². The van der Waals surface area contributed by atoms with Gasteiger partial charge in [0.05, 0.1) is 19.8 Å². The van der Waals surface area contributed by atoms with Gasteiger partial charge in [-0.3, -0.25) is 4.57 Å². The normalized spacial score (nSPS) is 15.5. The minimum atomic E-state index is -3.67. The van der Waals surface area contributed by atoms with Gasteiger partial charge in [-0.15, -0.1) is 0 Å². The highest BCUT2D eigenvalue weighted by molar-refractivity contribution is 7.51. The molecule has 0 saturated heterocycles. The molecule has 5 nitrogen and oxygen atoms in total. The zero-order chi connectivity index (χ0) is 19.0. The van der Waals surface area contributed by atoms with Crippen LogP contribution in [0.25, 0.3) is 32.3 Å². The highest BCUT2D eigenvalue weighted by Crippen LogP contribution is 2.38. The van der Waals surface area contributed by atoms with E-state index in [-0.39, 0.29) is 13.2 Å². The maximum absolute atomic E-state index is 11.4. The minimum Gasteiger partial charge on any atom is -0.394 e. The SMILES string of the molecule is CP(=O)(O)O[C@H](CO)COCc1ccc2ccc3cccc4ccc1c2c34. The zero-order valence-corrected chi connectivity index (χ0v) is 15.9. The molecule has 2 atom stereocenters. The summed E-state index contributed by atoms with van der Waals surface area (Å²) < 4.78 is 22.0. The van der Waals surface area contributed by atoms with E-state index in [1.54, 1.807) is 0 Å². The van der Waals surface area contributed by atoms with Crippen LogP contribution in [0.3, 0.4) is 0 Å². The van der Waals surface area contributed by atoms with Crippen molar-refractivity contribution in [3.8, 4) is 0 Å². The number of aliphatic hydroxyl groups excluding tert-OH is 1. The van der Waals surface area contributed by atoms with E-state index in [1.807, 2.05) is 6.07 Å². The average molecular weight is 384 g/mol. The Bertz CT molecular complexity index is 1120. The quantitative estimate of drug-likeness (QED) is 0.367. The number of ether oxygens (including phenoxy) is 1. The molecule has 0 aliphatic rings. The van der Waals surface area contributed by atoms with Crippen LogP contribution >= 0.6 is 7.60 Å². The molecule has 140 valence electrons. The Morgan fingerprint density at radius 2 is 1.59 bits per heavy atom. The molecule has 4 aromatic rings. The summed E-state index contributed by atoms with van der Waals surface area (Å²) in [5.74, 6) is 0. The van der Waals surface area contributed by atoms with Gasteiger partial charge < -0.3 is 19.3 Å². The van der Waals surface area contributed by atoms with Crippen molar-refractivity contribution in [3.63, 3.8) is 0 Å². The van der Waals surface area contributed by atoms with Crippen LogP contribution in [-0.2, 0) is 20.4 Å². The average Bonchev–Trinajstić information content (AvgIpc) is 2.65. The predicted molar refractivity (Wildman–Crippen MR) is 108 cm³/mol. The van der Waals surface area contributed by atoms with E-state index in [9.17, 15) is 14.6 Å². The van der Waals surface area contributed by atoms with E-state index in [4.69, 9.17) is 9.26 Å². The minimum absolute atomic E-state index is 0.0386. The van der Waals surface area contributed by atoms with Crippen molar-refractivity contribution < 1.29 is 23.8 Å². The summed E-state index contributed by atoms with van der Waals surface area (Å²) >= 11 is 0. The van der Waals surface area contributed by atoms with Gasteiger partial charge in [0.15, 0.2) is 0 Å². The van der Waals surface area contributed by atoms with Gasteiger partial charge in [0.1, 0.15) is 6.10 Å². The molecule has 0 spiro atoms. The second-order valence-corrected chi connectivity index (χ2v) is 8.63. The Balaban J connectivity index is 1.64. The third kappa shape index (κ3) is 3.70. The van der Waals surface area contributed by atoms with Crippen LogP contribution in [0.4, 0.5) is 0 Å². The Morgan fingerprint density at radius 1 is 0.963 bits per heavy atom. The van der Waals surface area contributed by atoms with E-state index in [1.165, 1.54) is 26.9 Å². The van der Waals surface area contributed by atoms with Crippen LogP contribution in [0.15, 0.2) is 54.6 Å². The molecule has 0 saturated carbocycles. The van der Waals surface area contributed by atoms with Crippen LogP contribution in [0.1, 0.15) is 5.56 Å². The Kier molecular flexibility index (Phi) is 4.89. The van der Waals surface area contributed by atoms with Gasteiger partial charge in [-0.25, -0.2) is 0 Å². The molecule has 27 heavy (non-hydrogen) atoms. The van der Waals surface area contributed by atoms with Crippen LogP contribution in [0.2, 0.25) is 0 Å². The molecular weight excluding hydrogens is 363 g/mol. The highest BCUT2D eigenvalue weighted by atomic mass is 31.2. The predicted octanol–water partition coefficient (Wildman–Crippen LogP) is 4.29. The molecule has 4 aromatic carbocycles. The molecular formula is C21H21O5P. The van der Waals surface area contributed by atoms with Gasteiger partial charge in [0.2, 0.25) is 0 Å². The fourth-order valence-electron chi connectivity index (χ4n) is 3.61. The molecule has 0 aromatic heterocycles. The molecule has 0 fully saturated rings. The molecule has 0 amide bonds. The van der Waals surface area contributed by atoms with Crippen molar-refractivity contribution in [2.24, 2.45) is 0 Å². The summed E-state index contributed by atoms with van der Waals surface area (Å²) in [4.78, 5) is 9.30. The van der Waals surface area contributed by atoms with E-state index in [2.05, 4.69) is 48.5 Å².